The molecule has 4 nitrogen and oxygen atoms in total. The number of nitrogens with zero attached hydrogens (tertiary/aromatic N) is 1. The number of rotatable bonds is 6. The van der Waals surface area contributed by atoms with Crippen molar-refractivity contribution in [3.8, 4) is 0 Å². The van der Waals surface area contributed by atoms with E-state index in [0.29, 0.717) is 5.92 Å². The summed E-state index contributed by atoms with van der Waals surface area (Å²) in [6.45, 7) is 15.8. The predicted octanol–water partition coefficient (Wildman–Crippen LogP) is 6.33. The SMILES string of the molecule is CCCC1(C)C(C2(C)CC(N=O)C3CC(O)CCC3(C)C2)CCC1C(C)(O)C(C)C. The first kappa shape index (κ1) is 24.2. The lowest BCUT2D eigenvalue weighted by Gasteiger charge is -2.59. The maximum Gasteiger partial charge on any atom is 0.0959 e. The molecule has 2 N–H and O–H groups in total. The number of fused-ring (bicyclic) bond motifs is 1. The largest absolute Gasteiger partial charge is 0.393 e. The summed E-state index contributed by atoms with van der Waals surface area (Å²) in [5.41, 5.74) is -0.468. The number of nitroso groups, excluding NO2 is 1. The maximum atomic E-state index is 12.0. The van der Waals surface area contributed by atoms with Crippen molar-refractivity contribution in [3.05, 3.63) is 4.91 Å². The first-order valence-electron chi connectivity index (χ1n) is 12.6. The van der Waals surface area contributed by atoms with E-state index in [-0.39, 0.29) is 46.1 Å². The summed E-state index contributed by atoms with van der Waals surface area (Å²) in [5.74, 6) is 1.21. The summed E-state index contributed by atoms with van der Waals surface area (Å²) in [5, 5.41) is 25.5. The van der Waals surface area contributed by atoms with Gasteiger partial charge in [0.15, 0.2) is 0 Å². The summed E-state index contributed by atoms with van der Waals surface area (Å²) >= 11 is 0. The molecule has 0 bridgehead atoms. The average Bonchev–Trinajstić information content (AvgIpc) is 3.00. The molecular weight excluding hydrogens is 374 g/mol. The molecule has 0 spiro atoms. The Morgan fingerprint density at radius 3 is 2.37 bits per heavy atom. The van der Waals surface area contributed by atoms with E-state index in [2.05, 4.69) is 53.6 Å². The van der Waals surface area contributed by atoms with Gasteiger partial charge >= 0.3 is 0 Å². The van der Waals surface area contributed by atoms with Crippen molar-refractivity contribution in [1.82, 2.24) is 0 Å². The van der Waals surface area contributed by atoms with Gasteiger partial charge in [-0.15, -0.1) is 0 Å². The Morgan fingerprint density at radius 1 is 1.13 bits per heavy atom. The summed E-state index contributed by atoms with van der Waals surface area (Å²) in [7, 11) is 0. The quantitative estimate of drug-likeness (QED) is 0.492. The molecule has 30 heavy (non-hydrogen) atoms. The highest BCUT2D eigenvalue weighted by molar-refractivity contribution is 5.12. The van der Waals surface area contributed by atoms with Crippen LogP contribution in [0.2, 0.25) is 0 Å². The lowest BCUT2D eigenvalue weighted by atomic mass is 9.46. The Kier molecular flexibility index (Phi) is 6.56. The molecule has 9 unspecified atom stereocenters. The van der Waals surface area contributed by atoms with Crippen LogP contribution in [0.1, 0.15) is 106 Å². The van der Waals surface area contributed by atoms with Crippen LogP contribution < -0.4 is 0 Å². The molecule has 0 aromatic rings. The van der Waals surface area contributed by atoms with Gasteiger partial charge in [0.25, 0.3) is 0 Å². The van der Waals surface area contributed by atoms with Gasteiger partial charge in [0.1, 0.15) is 0 Å². The van der Waals surface area contributed by atoms with Crippen LogP contribution in [0, 0.1) is 44.8 Å². The summed E-state index contributed by atoms with van der Waals surface area (Å²) in [4.78, 5) is 12.0. The standard InChI is InChI=1S/C26H47NO3/c1-8-12-25(6)21(9-10-22(25)26(7,29)17(2)3)24(5)15-20(27-30)19-14-18(28)11-13-23(19,4)16-24/h17-22,28-29H,8-16H2,1-7H3. The minimum absolute atomic E-state index is 0.0534. The van der Waals surface area contributed by atoms with Gasteiger partial charge < -0.3 is 10.2 Å². The van der Waals surface area contributed by atoms with Crippen molar-refractivity contribution >= 4 is 0 Å². The van der Waals surface area contributed by atoms with Crippen molar-refractivity contribution in [2.24, 2.45) is 45.1 Å². The van der Waals surface area contributed by atoms with Gasteiger partial charge in [-0.1, -0.05) is 53.1 Å². The van der Waals surface area contributed by atoms with Crippen molar-refractivity contribution < 1.29 is 10.2 Å². The van der Waals surface area contributed by atoms with E-state index in [4.69, 9.17) is 0 Å². The number of aliphatic hydroxyl groups excluding tert-OH is 1. The first-order chi connectivity index (χ1) is 13.8. The fourth-order valence-electron chi connectivity index (χ4n) is 8.84. The van der Waals surface area contributed by atoms with Crippen molar-refractivity contribution in [2.45, 2.75) is 124 Å². The second kappa shape index (κ2) is 8.14. The summed E-state index contributed by atoms with van der Waals surface area (Å²) < 4.78 is 0. The van der Waals surface area contributed by atoms with Crippen LogP contribution in [0.15, 0.2) is 5.18 Å². The Balaban J connectivity index is 1.97. The molecule has 3 rings (SSSR count). The van der Waals surface area contributed by atoms with E-state index in [9.17, 15) is 15.1 Å². The third-order valence-electron chi connectivity index (χ3n) is 10.4. The second-order valence-electron chi connectivity index (χ2n) is 12.7. The highest BCUT2D eigenvalue weighted by Crippen LogP contribution is 2.67. The van der Waals surface area contributed by atoms with Gasteiger partial charge in [0.05, 0.1) is 17.7 Å². The topological polar surface area (TPSA) is 69.9 Å². The maximum absolute atomic E-state index is 12.0. The molecule has 0 saturated heterocycles. The molecule has 4 heteroatoms. The molecule has 3 saturated carbocycles. The van der Waals surface area contributed by atoms with Crippen molar-refractivity contribution in [2.75, 3.05) is 0 Å². The highest BCUT2D eigenvalue weighted by atomic mass is 16.3. The highest BCUT2D eigenvalue weighted by Gasteiger charge is 2.62. The third kappa shape index (κ3) is 3.78. The Bertz CT molecular complexity index is 634. The molecule has 0 heterocycles. The molecule has 0 aromatic carbocycles. The second-order valence-corrected chi connectivity index (χ2v) is 12.7. The smallest absolute Gasteiger partial charge is 0.0959 e. The van der Waals surface area contributed by atoms with Crippen LogP contribution in [0.25, 0.3) is 0 Å². The van der Waals surface area contributed by atoms with E-state index >= 15 is 0 Å². The monoisotopic (exact) mass is 421 g/mol. The minimum atomic E-state index is -0.673. The van der Waals surface area contributed by atoms with Gasteiger partial charge in [-0.2, -0.15) is 4.91 Å². The molecule has 0 aromatic heterocycles. The average molecular weight is 422 g/mol. The molecule has 3 aliphatic rings. The van der Waals surface area contributed by atoms with E-state index in [1.54, 1.807) is 0 Å². The van der Waals surface area contributed by atoms with Crippen LogP contribution in [0.4, 0.5) is 0 Å². The Labute approximate surface area is 184 Å². The predicted molar refractivity (Wildman–Crippen MR) is 123 cm³/mol. The fraction of sp³-hybridized carbons (Fsp3) is 1.00. The molecule has 3 aliphatic carbocycles. The number of aliphatic hydroxyl groups is 2. The Morgan fingerprint density at radius 2 is 1.80 bits per heavy atom. The van der Waals surface area contributed by atoms with Crippen LogP contribution in [0.5, 0.6) is 0 Å². The van der Waals surface area contributed by atoms with Crippen LogP contribution in [-0.4, -0.2) is 28.0 Å². The third-order valence-corrected chi connectivity index (χ3v) is 10.4. The molecule has 3 fully saturated rings. The first-order valence-corrected chi connectivity index (χ1v) is 12.6. The van der Waals surface area contributed by atoms with Crippen molar-refractivity contribution in [1.29, 1.82) is 0 Å². The normalized spacial score (nSPS) is 48.9. The summed E-state index contributed by atoms with van der Waals surface area (Å²) in [6.07, 6.45) is 8.68. The zero-order chi connectivity index (χ0) is 22.5. The summed E-state index contributed by atoms with van der Waals surface area (Å²) in [6, 6.07) is -0.195. The lowest BCUT2D eigenvalue weighted by Crippen LogP contribution is -2.55. The van der Waals surface area contributed by atoms with Crippen molar-refractivity contribution in [3.63, 3.8) is 0 Å². The van der Waals surface area contributed by atoms with Crippen LogP contribution in [0.3, 0.4) is 0 Å². The molecular formula is C26H47NO3. The van der Waals surface area contributed by atoms with Crippen LogP contribution >= 0.6 is 0 Å². The number of hydrogen-bond acceptors (Lipinski definition) is 4. The van der Waals surface area contributed by atoms with E-state index in [1.807, 2.05) is 0 Å². The Hall–Kier alpha value is -0.480. The van der Waals surface area contributed by atoms with Gasteiger partial charge in [-0.25, -0.2) is 0 Å². The lowest BCUT2D eigenvalue weighted by molar-refractivity contribution is -0.127. The zero-order valence-electron chi connectivity index (χ0n) is 20.6. The molecule has 174 valence electrons. The van der Waals surface area contributed by atoms with Gasteiger partial charge in [0, 0.05) is 0 Å². The number of hydrogen-bond donors (Lipinski definition) is 2. The fourth-order valence-corrected chi connectivity index (χ4v) is 8.84. The van der Waals surface area contributed by atoms with E-state index in [0.717, 1.165) is 57.8 Å². The van der Waals surface area contributed by atoms with Gasteiger partial charge in [0.2, 0.25) is 0 Å². The zero-order valence-corrected chi connectivity index (χ0v) is 20.6. The molecule has 0 aliphatic heterocycles. The van der Waals surface area contributed by atoms with Crippen LogP contribution in [-0.2, 0) is 0 Å². The molecule has 9 atom stereocenters. The molecule has 0 amide bonds. The minimum Gasteiger partial charge on any atom is -0.393 e. The molecule has 0 radical (unpaired) electrons. The van der Waals surface area contributed by atoms with Gasteiger partial charge in [-0.05, 0) is 98.2 Å². The van der Waals surface area contributed by atoms with E-state index in [1.165, 1.54) is 0 Å². The van der Waals surface area contributed by atoms with E-state index < -0.39 is 5.60 Å². The van der Waals surface area contributed by atoms with Gasteiger partial charge in [-0.3, -0.25) is 0 Å².